The molecule has 5 N–H and O–H groups in total. The Morgan fingerprint density at radius 2 is 1.31 bits per heavy atom. The monoisotopic (exact) mass is 504 g/mol. The molecule has 0 heterocycles. The minimum atomic E-state index is -5.09. The average molecular weight is 504 g/mol. The van der Waals surface area contributed by atoms with E-state index in [9.17, 15) is 40.0 Å². The lowest BCUT2D eigenvalue weighted by atomic mass is 10.1. The number of hydrogen-bond acceptors (Lipinski definition) is 10. The van der Waals surface area contributed by atoms with Crippen molar-refractivity contribution in [1.29, 1.82) is 0 Å². The van der Waals surface area contributed by atoms with Gasteiger partial charge in [0.05, 0.1) is 20.9 Å². The summed E-state index contributed by atoms with van der Waals surface area (Å²) in [6.07, 6.45) is 0. The van der Waals surface area contributed by atoms with Crippen LogP contribution in [0.4, 0.5) is 11.4 Å². The molecule has 0 atom stereocenters. The zero-order chi connectivity index (χ0) is 24.1. The van der Waals surface area contributed by atoms with Crippen LogP contribution in [0, 0.1) is 0 Å². The van der Waals surface area contributed by atoms with E-state index in [1.54, 1.807) is 0 Å². The predicted molar refractivity (Wildman–Crippen MR) is 107 cm³/mol. The Balaban J connectivity index is 2.30. The van der Waals surface area contributed by atoms with Gasteiger partial charge >= 0.3 is 0 Å². The van der Waals surface area contributed by atoms with Gasteiger partial charge in [-0.15, -0.1) is 5.11 Å². The molecule has 0 aliphatic carbocycles. The molecule has 0 bridgehead atoms. The maximum absolute atomic E-state index is 11.8. The summed E-state index contributed by atoms with van der Waals surface area (Å²) in [5.41, 5.74) is -1.07. The maximum atomic E-state index is 11.8. The maximum Gasteiger partial charge on any atom is 0.296 e. The van der Waals surface area contributed by atoms with E-state index in [0.29, 0.717) is 12.1 Å². The summed E-state index contributed by atoms with van der Waals surface area (Å²) in [6.45, 7) is 0. The van der Waals surface area contributed by atoms with Crippen molar-refractivity contribution in [2.75, 3.05) is 0 Å². The van der Waals surface area contributed by atoms with Crippen LogP contribution in [0.5, 0.6) is 11.5 Å². The molecule has 0 saturated heterocycles. The van der Waals surface area contributed by atoms with Gasteiger partial charge in [0.15, 0.2) is 5.75 Å². The van der Waals surface area contributed by atoms with Crippen LogP contribution in [0.1, 0.15) is 0 Å². The van der Waals surface area contributed by atoms with Gasteiger partial charge < -0.3 is 10.2 Å². The SMILES string of the molecule is O=S(=O)(O)c1cccc(N=Nc2c(S(=O)(=O)O)cc3cc(S(=O)(=O)O)cc(O)c3c2O)c1. The molecule has 0 unspecified atom stereocenters. The average Bonchev–Trinajstić information content (AvgIpc) is 2.64. The third-order valence-corrected chi connectivity index (χ3v) is 6.61. The molecule has 3 rings (SSSR count). The van der Waals surface area contributed by atoms with E-state index in [2.05, 4.69) is 10.2 Å². The Morgan fingerprint density at radius 1 is 0.688 bits per heavy atom. The molecule has 0 aromatic heterocycles. The van der Waals surface area contributed by atoms with Gasteiger partial charge in [-0.3, -0.25) is 13.7 Å². The summed E-state index contributed by atoms with van der Waals surface area (Å²) in [7, 11) is -14.5. The van der Waals surface area contributed by atoms with Gasteiger partial charge in [0.2, 0.25) is 0 Å². The molecule has 0 fully saturated rings. The molecule has 16 heteroatoms. The topological polar surface area (TPSA) is 228 Å². The molecule has 0 spiro atoms. The van der Waals surface area contributed by atoms with E-state index in [-0.39, 0.29) is 5.69 Å². The standard InChI is InChI=1S/C16H12N2O11S3/c19-12-7-11(31(24,25)26)4-8-5-13(32(27,28)29)15(16(20)14(8)12)18-17-9-2-1-3-10(6-9)30(21,22)23/h1-7,19-20H,(H,21,22,23)(H,24,25,26)(H,27,28,29). The van der Waals surface area contributed by atoms with E-state index in [0.717, 1.165) is 18.2 Å². The van der Waals surface area contributed by atoms with Crippen LogP contribution in [0.25, 0.3) is 10.8 Å². The Kier molecular flexibility index (Phi) is 5.71. The molecule has 3 aromatic carbocycles. The molecule has 0 radical (unpaired) electrons. The second kappa shape index (κ2) is 7.76. The fraction of sp³-hybridized carbons (Fsp3) is 0. The molecule has 0 aliphatic heterocycles. The Morgan fingerprint density at radius 3 is 1.88 bits per heavy atom. The van der Waals surface area contributed by atoms with Crippen molar-refractivity contribution in [3.8, 4) is 11.5 Å². The van der Waals surface area contributed by atoms with Crippen molar-refractivity contribution in [2.45, 2.75) is 14.7 Å². The lowest BCUT2D eigenvalue weighted by molar-refractivity contribution is 0.457. The molecule has 0 aliphatic rings. The van der Waals surface area contributed by atoms with E-state index in [4.69, 9.17) is 9.11 Å². The number of rotatable bonds is 5. The normalized spacial score (nSPS) is 13.1. The van der Waals surface area contributed by atoms with Crippen LogP contribution in [-0.2, 0) is 30.4 Å². The first-order chi connectivity index (χ1) is 14.6. The first-order valence-corrected chi connectivity index (χ1v) is 12.4. The van der Waals surface area contributed by atoms with Gasteiger partial charge in [-0.25, -0.2) is 0 Å². The summed E-state index contributed by atoms with van der Waals surface area (Å²) in [4.78, 5) is -2.41. The van der Waals surface area contributed by atoms with Crippen LogP contribution >= 0.6 is 0 Å². The highest BCUT2D eigenvalue weighted by Crippen LogP contribution is 2.45. The third-order valence-electron chi connectivity index (χ3n) is 4.06. The quantitative estimate of drug-likeness (QED) is 0.250. The van der Waals surface area contributed by atoms with E-state index < -0.39 is 73.0 Å². The highest BCUT2D eigenvalue weighted by molar-refractivity contribution is 7.86. The molecule has 0 amide bonds. The lowest BCUT2D eigenvalue weighted by Gasteiger charge is -2.11. The number of hydrogen-bond donors (Lipinski definition) is 5. The molecule has 13 nitrogen and oxygen atoms in total. The van der Waals surface area contributed by atoms with Crippen LogP contribution in [0.15, 0.2) is 67.4 Å². The minimum Gasteiger partial charge on any atom is -0.507 e. The Bertz CT molecular complexity index is 1610. The number of nitrogens with zero attached hydrogens (tertiary/aromatic N) is 2. The van der Waals surface area contributed by atoms with Crippen LogP contribution in [0.2, 0.25) is 0 Å². The number of benzene rings is 3. The second-order valence-electron chi connectivity index (χ2n) is 6.23. The molecule has 0 saturated carbocycles. The van der Waals surface area contributed by atoms with Crippen molar-refractivity contribution in [3.63, 3.8) is 0 Å². The number of phenolic OH excluding ortho intramolecular Hbond substituents is 2. The summed E-state index contributed by atoms with van der Waals surface area (Å²) in [5.74, 6) is -1.90. The predicted octanol–water partition coefficient (Wildman–Crippen LogP) is 2.41. The van der Waals surface area contributed by atoms with Gasteiger partial charge in [0.1, 0.15) is 16.3 Å². The lowest BCUT2D eigenvalue weighted by Crippen LogP contribution is -2.01. The third kappa shape index (κ3) is 4.69. The van der Waals surface area contributed by atoms with Crippen LogP contribution in [-0.4, -0.2) is 49.1 Å². The molecule has 170 valence electrons. The second-order valence-corrected chi connectivity index (χ2v) is 10.5. The zero-order valence-electron chi connectivity index (χ0n) is 15.3. The van der Waals surface area contributed by atoms with Gasteiger partial charge in [-0.2, -0.15) is 30.4 Å². The highest BCUT2D eigenvalue weighted by Gasteiger charge is 2.25. The smallest absolute Gasteiger partial charge is 0.296 e. The summed E-state index contributed by atoms with van der Waals surface area (Å²) in [5, 5.41) is 26.8. The summed E-state index contributed by atoms with van der Waals surface area (Å²) < 4.78 is 96.5. The van der Waals surface area contributed by atoms with E-state index >= 15 is 0 Å². The summed E-state index contributed by atoms with van der Waals surface area (Å²) >= 11 is 0. The van der Waals surface area contributed by atoms with Gasteiger partial charge in [0, 0.05) is 6.07 Å². The fourth-order valence-electron chi connectivity index (χ4n) is 2.69. The number of azo groups is 1. The first-order valence-electron chi connectivity index (χ1n) is 8.06. The number of phenols is 2. The van der Waals surface area contributed by atoms with Crippen molar-refractivity contribution >= 4 is 52.5 Å². The van der Waals surface area contributed by atoms with Crippen molar-refractivity contribution in [1.82, 2.24) is 0 Å². The van der Waals surface area contributed by atoms with Crippen molar-refractivity contribution in [2.24, 2.45) is 10.2 Å². The molecular formula is C16H12N2O11S3. The fourth-order valence-corrected chi connectivity index (χ4v) is 4.41. The van der Waals surface area contributed by atoms with Crippen LogP contribution < -0.4 is 0 Å². The number of fused-ring (bicyclic) bond motifs is 1. The summed E-state index contributed by atoms with van der Waals surface area (Å²) in [6, 6.07) is 6.30. The Hall–Kier alpha value is -3.15. The van der Waals surface area contributed by atoms with Crippen molar-refractivity contribution < 1.29 is 49.1 Å². The zero-order valence-corrected chi connectivity index (χ0v) is 17.8. The van der Waals surface area contributed by atoms with Crippen molar-refractivity contribution in [3.05, 3.63) is 42.5 Å². The number of aromatic hydroxyl groups is 2. The largest absolute Gasteiger partial charge is 0.507 e. The molecular weight excluding hydrogens is 492 g/mol. The van der Waals surface area contributed by atoms with Gasteiger partial charge in [0.25, 0.3) is 30.4 Å². The first kappa shape index (κ1) is 23.5. The minimum absolute atomic E-state index is 0.202. The van der Waals surface area contributed by atoms with Crippen LogP contribution in [0.3, 0.4) is 0 Å². The van der Waals surface area contributed by atoms with E-state index in [1.807, 2.05) is 0 Å². The highest BCUT2D eigenvalue weighted by atomic mass is 32.2. The van der Waals surface area contributed by atoms with E-state index in [1.165, 1.54) is 12.1 Å². The molecule has 3 aromatic rings. The molecule has 32 heavy (non-hydrogen) atoms. The van der Waals surface area contributed by atoms with Gasteiger partial charge in [-0.1, -0.05) is 6.07 Å². The van der Waals surface area contributed by atoms with Gasteiger partial charge in [-0.05, 0) is 35.7 Å². The Labute approximate surface area is 180 Å².